The number of fused-ring (bicyclic) bond motifs is 1. The van der Waals surface area contributed by atoms with E-state index in [-0.39, 0.29) is 5.91 Å². The SMILES string of the molecule is CC(C)CNC(=O)CCn1c(N)nc2cccnc21. The van der Waals surface area contributed by atoms with E-state index in [2.05, 4.69) is 29.1 Å². The molecule has 19 heavy (non-hydrogen) atoms. The van der Waals surface area contributed by atoms with Gasteiger partial charge in [-0.3, -0.25) is 9.36 Å². The Morgan fingerprint density at radius 1 is 1.53 bits per heavy atom. The molecular formula is C13H19N5O. The van der Waals surface area contributed by atoms with Crippen LogP contribution in [0.1, 0.15) is 20.3 Å². The molecule has 102 valence electrons. The second kappa shape index (κ2) is 5.69. The van der Waals surface area contributed by atoms with E-state index in [9.17, 15) is 4.79 Å². The lowest BCUT2D eigenvalue weighted by atomic mass is 10.2. The van der Waals surface area contributed by atoms with E-state index in [0.717, 1.165) is 11.2 Å². The molecule has 0 saturated heterocycles. The van der Waals surface area contributed by atoms with Crippen LogP contribution in [0.4, 0.5) is 5.95 Å². The average Bonchev–Trinajstić information content (AvgIpc) is 2.69. The number of anilines is 1. The fraction of sp³-hybridized carbons (Fsp3) is 0.462. The molecule has 0 aliphatic rings. The highest BCUT2D eigenvalue weighted by Crippen LogP contribution is 2.15. The van der Waals surface area contributed by atoms with Gasteiger partial charge in [0.15, 0.2) is 5.65 Å². The number of rotatable bonds is 5. The Hall–Kier alpha value is -2.11. The van der Waals surface area contributed by atoms with E-state index >= 15 is 0 Å². The molecular weight excluding hydrogens is 242 g/mol. The van der Waals surface area contributed by atoms with Crippen LogP contribution in [-0.2, 0) is 11.3 Å². The molecule has 2 heterocycles. The maximum atomic E-state index is 11.7. The van der Waals surface area contributed by atoms with E-state index in [4.69, 9.17) is 5.73 Å². The summed E-state index contributed by atoms with van der Waals surface area (Å²) >= 11 is 0. The van der Waals surface area contributed by atoms with Crippen molar-refractivity contribution in [3.05, 3.63) is 18.3 Å². The van der Waals surface area contributed by atoms with E-state index in [1.165, 1.54) is 0 Å². The number of imidazole rings is 1. The summed E-state index contributed by atoms with van der Waals surface area (Å²) in [5.41, 5.74) is 7.31. The van der Waals surface area contributed by atoms with Crippen LogP contribution in [0.2, 0.25) is 0 Å². The number of carbonyl (C=O) groups is 1. The number of nitrogens with one attached hydrogen (secondary N) is 1. The fourth-order valence-electron chi connectivity index (χ4n) is 1.82. The lowest BCUT2D eigenvalue weighted by molar-refractivity contribution is -0.121. The van der Waals surface area contributed by atoms with Crippen LogP contribution in [0.25, 0.3) is 11.2 Å². The van der Waals surface area contributed by atoms with Crippen molar-refractivity contribution in [1.82, 2.24) is 19.9 Å². The summed E-state index contributed by atoms with van der Waals surface area (Å²) in [6.45, 7) is 5.30. The lowest BCUT2D eigenvalue weighted by Gasteiger charge is -2.08. The first-order valence-electron chi connectivity index (χ1n) is 6.41. The van der Waals surface area contributed by atoms with Gasteiger partial charge in [0.05, 0.1) is 0 Å². The minimum absolute atomic E-state index is 0.0193. The number of hydrogen-bond acceptors (Lipinski definition) is 4. The number of hydrogen-bond donors (Lipinski definition) is 2. The van der Waals surface area contributed by atoms with Gasteiger partial charge >= 0.3 is 0 Å². The van der Waals surface area contributed by atoms with Crippen LogP contribution in [0, 0.1) is 5.92 Å². The summed E-state index contributed by atoms with van der Waals surface area (Å²) in [5, 5.41) is 2.88. The van der Waals surface area contributed by atoms with Crippen molar-refractivity contribution in [1.29, 1.82) is 0 Å². The summed E-state index contributed by atoms with van der Waals surface area (Å²) in [5.74, 6) is 0.862. The summed E-state index contributed by atoms with van der Waals surface area (Å²) < 4.78 is 1.77. The van der Waals surface area contributed by atoms with Gasteiger partial charge in [-0.15, -0.1) is 0 Å². The average molecular weight is 261 g/mol. The van der Waals surface area contributed by atoms with Crippen LogP contribution in [0.3, 0.4) is 0 Å². The first-order chi connectivity index (χ1) is 9.08. The molecule has 2 aromatic rings. The monoisotopic (exact) mass is 261 g/mol. The topological polar surface area (TPSA) is 85.8 Å². The Morgan fingerprint density at radius 3 is 3.05 bits per heavy atom. The zero-order chi connectivity index (χ0) is 13.8. The van der Waals surface area contributed by atoms with Crippen molar-refractivity contribution in [2.45, 2.75) is 26.8 Å². The molecule has 6 nitrogen and oxygen atoms in total. The van der Waals surface area contributed by atoms with Crippen molar-refractivity contribution in [2.24, 2.45) is 5.92 Å². The highest BCUT2D eigenvalue weighted by molar-refractivity contribution is 5.77. The van der Waals surface area contributed by atoms with E-state index < -0.39 is 0 Å². The molecule has 3 N–H and O–H groups in total. The largest absolute Gasteiger partial charge is 0.369 e. The molecule has 0 aromatic carbocycles. The van der Waals surface area contributed by atoms with Crippen molar-refractivity contribution in [3.63, 3.8) is 0 Å². The van der Waals surface area contributed by atoms with Crippen LogP contribution in [0.5, 0.6) is 0 Å². The van der Waals surface area contributed by atoms with Gasteiger partial charge in [-0.05, 0) is 18.1 Å². The number of nitrogen functional groups attached to an aromatic ring is 1. The third-order valence-electron chi connectivity index (χ3n) is 2.80. The van der Waals surface area contributed by atoms with Crippen LogP contribution < -0.4 is 11.1 Å². The predicted octanol–water partition coefficient (Wildman–Crippen LogP) is 1.18. The Kier molecular flexibility index (Phi) is 3.99. The van der Waals surface area contributed by atoms with Crippen LogP contribution >= 0.6 is 0 Å². The van der Waals surface area contributed by atoms with Gasteiger partial charge in [-0.2, -0.15) is 0 Å². The van der Waals surface area contributed by atoms with Crippen molar-refractivity contribution in [3.8, 4) is 0 Å². The van der Waals surface area contributed by atoms with E-state index in [0.29, 0.717) is 31.4 Å². The standard InChI is InChI=1S/C13H19N5O/c1-9(2)8-16-11(19)5-7-18-12-10(17-13(18)14)4-3-6-15-12/h3-4,6,9H,5,7-8H2,1-2H3,(H2,14,17)(H,16,19). The van der Waals surface area contributed by atoms with Crippen LogP contribution in [0.15, 0.2) is 18.3 Å². The predicted molar refractivity (Wildman–Crippen MR) is 74.4 cm³/mol. The highest BCUT2D eigenvalue weighted by atomic mass is 16.1. The molecule has 1 amide bonds. The quantitative estimate of drug-likeness (QED) is 0.846. The second-order valence-electron chi connectivity index (χ2n) is 4.92. The Morgan fingerprint density at radius 2 is 2.32 bits per heavy atom. The number of aromatic nitrogens is 3. The molecule has 0 fully saturated rings. The molecule has 2 aromatic heterocycles. The lowest BCUT2D eigenvalue weighted by Crippen LogP contribution is -2.28. The fourth-order valence-corrected chi connectivity index (χ4v) is 1.82. The van der Waals surface area contributed by atoms with Crippen molar-refractivity contribution < 1.29 is 4.79 Å². The molecule has 0 spiro atoms. The summed E-state index contributed by atoms with van der Waals surface area (Å²) in [6, 6.07) is 3.67. The Bertz CT molecular complexity index is 575. The molecule has 0 radical (unpaired) electrons. The van der Waals surface area contributed by atoms with Crippen molar-refractivity contribution >= 4 is 23.0 Å². The van der Waals surface area contributed by atoms with Gasteiger partial charge in [0.25, 0.3) is 0 Å². The third kappa shape index (κ3) is 3.21. The highest BCUT2D eigenvalue weighted by Gasteiger charge is 2.10. The summed E-state index contributed by atoms with van der Waals surface area (Å²) in [4.78, 5) is 20.1. The van der Waals surface area contributed by atoms with Crippen molar-refractivity contribution in [2.75, 3.05) is 12.3 Å². The van der Waals surface area contributed by atoms with E-state index in [1.807, 2.05) is 12.1 Å². The number of nitrogens with two attached hydrogens (primary N) is 1. The second-order valence-corrected chi connectivity index (χ2v) is 4.92. The molecule has 2 rings (SSSR count). The number of pyridine rings is 1. The Labute approximate surface area is 112 Å². The summed E-state index contributed by atoms with van der Waals surface area (Å²) in [6.07, 6.45) is 2.07. The molecule has 0 saturated carbocycles. The zero-order valence-corrected chi connectivity index (χ0v) is 11.3. The normalized spacial score (nSPS) is 11.1. The summed E-state index contributed by atoms with van der Waals surface area (Å²) in [7, 11) is 0. The minimum Gasteiger partial charge on any atom is -0.369 e. The van der Waals surface area contributed by atoms with Gasteiger partial charge in [0.1, 0.15) is 5.52 Å². The first-order valence-corrected chi connectivity index (χ1v) is 6.41. The number of carbonyl (C=O) groups excluding carboxylic acids is 1. The maximum Gasteiger partial charge on any atom is 0.221 e. The molecule has 0 unspecified atom stereocenters. The molecule has 0 atom stereocenters. The Balaban J connectivity index is 2.01. The zero-order valence-electron chi connectivity index (χ0n) is 11.3. The van der Waals surface area contributed by atoms with Gasteiger partial charge in [-0.1, -0.05) is 13.8 Å². The number of aryl methyl sites for hydroxylation is 1. The maximum absolute atomic E-state index is 11.7. The smallest absolute Gasteiger partial charge is 0.221 e. The molecule has 0 aliphatic carbocycles. The van der Waals surface area contributed by atoms with E-state index in [1.54, 1.807) is 10.8 Å². The van der Waals surface area contributed by atoms with Gasteiger partial charge < -0.3 is 11.1 Å². The minimum atomic E-state index is 0.0193. The van der Waals surface area contributed by atoms with Gasteiger partial charge in [0, 0.05) is 25.7 Å². The van der Waals surface area contributed by atoms with Crippen LogP contribution in [-0.4, -0.2) is 27.0 Å². The third-order valence-corrected chi connectivity index (χ3v) is 2.80. The number of amides is 1. The molecule has 0 aliphatic heterocycles. The molecule has 0 bridgehead atoms. The molecule has 6 heteroatoms. The number of nitrogens with zero attached hydrogens (tertiary/aromatic N) is 3. The van der Waals surface area contributed by atoms with Gasteiger partial charge in [-0.25, -0.2) is 9.97 Å². The first kappa shape index (κ1) is 13.3. The van der Waals surface area contributed by atoms with Gasteiger partial charge in [0.2, 0.25) is 11.9 Å².